The second-order valence-electron chi connectivity index (χ2n) is 3.52. The fraction of sp³-hybridized carbons (Fsp3) is 0.455. The molecule has 0 spiro atoms. The fourth-order valence-electron chi connectivity index (χ4n) is 1.21. The molecule has 16 heavy (non-hydrogen) atoms. The molecule has 0 saturated carbocycles. The second-order valence-corrected chi connectivity index (χ2v) is 3.52. The number of hydrogen-bond donors (Lipinski definition) is 3. The molecule has 5 heteroatoms. The van der Waals surface area contributed by atoms with E-state index >= 15 is 0 Å². The first-order chi connectivity index (χ1) is 7.72. The van der Waals surface area contributed by atoms with Gasteiger partial charge in [-0.05, 0) is 19.1 Å². The van der Waals surface area contributed by atoms with Gasteiger partial charge in [0.2, 0.25) is 0 Å². The van der Waals surface area contributed by atoms with E-state index in [-0.39, 0.29) is 6.10 Å². The van der Waals surface area contributed by atoms with Crippen LogP contribution in [0, 0.1) is 11.3 Å². The highest BCUT2D eigenvalue weighted by Gasteiger charge is 1.96. The number of hydrogen-bond acceptors (Lipinski definition) is 5. The maximum atomic E-state index is 9.01. The van der Waals surface area contributed by atoms with Crippen LogP contribution in [-0.2, 0) is 0 Å². The Morgan fingerprint density at radius 1 is 1.56 bits per heavy atom. The Hall–Kier alpha value is -1.64. The van der Waals surface area contributed by atoms with Crippen molar-refractivity contribution in [1.82, 2.24) is 10.3 Å². The van der Waals surface area contributed by atoms with Gasteiger partial charge >= 0.3 is 0 Å². The first-order valence-corrected chi connectivity index (χ1v) is 5.21. The zero-order valence-electron chi connectivity index (χ0n) is 9.27. The van der Waals surface area contributed by atoms with Crippen molar-refractivity contribution in [3.05, 3.63) is 24.0 Å². The summed E-state index contributed by atoms with van der Waals surface area (Å²) in [6.07, 6.45) is 1.27. The molecule has 1 rings (SSSR count). The molecule has 1 aromatic rings. The van der Waals surface area contributed by atoms with Crippen molar-refractivity contribution in [2.24, 2.45) is 0 Å². The van der Waals surface area contributed by atoms with E-state index in [2.05, 4.69) is 15.6 Å². The monoisotopic (exact) mass is 220 g/mol. The van der Waals surface area contributed by atoms with E-state index in [4.69, 9.17) is 10.4 Å². The number of nitrogens with zero attached hydrogens (tertiary/aromatic N) is 2. The molecule has 1 aromatic heterocycles. The number of rotatable bonds is 6. The van der Waals surface area contributed by atoms with Crippen molar-refractivity contribution in [2.75, 3.05) is 25.0 Å². The number of anilines is 1. The topological polar surface area (TPSA) is 81.0 Å². The van der Waals surface area contributed by atoms with Crippen LogP contribution in [0.3, 0.4) is 0 Å². The van der Waals surface area contributed by atoms with E-state index in [9.17, 15) is 0 Å². The molecule has 0 aliphatic heterocycles. The van der Waals surface area contributed by atoms with Crippen LogP contribution in [-0.4, -0.2) is 35.8 Å². The van der Waals surface area contributed by atoms with Gasteiger partial charge in [-0.25, -0.2) is 4.98 Å². The molecule has 3 N–H and O–H groups in total. The SMILES string of the molecule is CC(O)CNCCNc1ccnc(C#N)c1. The summed E-state index contributed by atoms with van der Waals surface area (Å²) in [5.74, 6) is 0. The van der Waals surface area contributed by atoms with E-state index in [0.717, 1.165) is 18.8 Å². The predicted molar refractivity (Wildman–Crippen MR) is 62.0 cm³/mol. The Balaban J connectivity index is 2.24. The number of aromatic nitrogens is 1. The summed E-state index contributed by atoms with van der Waals surface area (Å²) in [7, 11) is 0. The Labute approximate surface area is 95.1 Å². The average molecular weight is 220 g/mol. The van der Waals surface area contributed by atoms with Gasteiger partial charge in [-0.15, -0.1) is 0 Å². The zero-order chi connectivity index (χ0) is 11.8. The lowest BCUT2D eigenvalue weighted by Crippen LogP contribution is -2.28. The second kappa shape index (κ2) is 6.77. The first-order valence-electron chi connectivity index (χ1n) is 5.21. The van der Waals surface area contributed by atoms with Crippen LogP contribution in [0.4, 0.5) is 5.69 Å². The third-order valence-electron chi connectivity index (χ3n) is 1.95. The van der Waals surface area contributed by atoms with Crippen molar-refractivity contribution in [2.45, 2.75) is 13.0 Å². The van der Waals surface area contributed by atoms with E-state index in [1.54, 1.807) is 19.2 Å². The lowest BCUT2D eigenvalue weighted by Gasteiger charge is -2.08. The molecule has 0 saturated heterocycles. The lowest BCUT2D eigenvalue weighted by molar-refractivity contribution is 0.192. The van der Waals surface area contributed by atoms with Crippen LogP contribution in [0.5, 0.6) is 0 Å². The molecule has 0 bridgehead atoms. The molecule has 0 fully saturated rings. The molecule has 5 nitrogen and oxygen atoms in total. The van der Waals surface area contributed by atoms with Gasteiger partial charge in [-0.2, -0.15) is 5.26 Å². The minimum Gasteiger partial charge on any atom is -0.392 e. The highest BCUT2D eigenvalue weighted by molar-refractivity contribution is 5.45. The minimum atomic E-state index is -0.328. The molecular weight excluding hydrogens is 204 g/mol. The number of aliphatic hydroxyl groups excluding tert-OH is 1. The molecule has 1 heterocycles. The predicted octanol–water partition coefficient (Wildman–Crippen LogP) is 0.336. The molecule has 0 amide bonds. The molecule has 86 valence electrons. The quantitative estimate of drug-likeness (QED) is 0.602. The molecule has 0 aliphatic carbocycles. The van der Waals surface area contributed by atoms with E-state index in [1.807, 2.05) is 12.1 Å². The van der Waals surface area contributed by atoms with Crippen LogP contribution in [0.1, 0.15) is 12.6 Å². The van der Waals surface area contributed by atoms with Gasteiger partial charge in [-0.3, -0.25) is 0 Å². The Morgan fingerprint density at radius 3 is 3.06 bits per heavy atom. The van der Waals surface area contributed by atoms with Gasteiger partial charge in [-0.1, -0.05) is 0 Å². The van der Waals surface area contributed by atoms with Crippen LogP contribution in [0.15, 0.2) is 18.3 Å². The normalized spacial score (nSPS) is 11.8. The zero-order valence-corrected chi connectivity index (χ0v) is 9.27. The highest BCUT2D eigenvalue weighted by Crippen LogP contribution is 2.05. The van der Waals surface area contributed by atoms with Crippen LogP contribution < -0.4 is 10.6 Å². The molecule has 1 atom stereocenters. The fourth-order valence-corrected chi connectivity index (χ4v) is 1.21. The van der Waals surface area contributed by atoms with Gasteiger partial charge in [0.25, 0.3) is 0 Å². The standard InChI is InChI=1S/C11H16N4O/c1-9(16)8-13-4-5-15-10-2-3-14-11(6-10)7-12/h2-3,6,9,13,16H,4-5,8H2,1H3,(H,14,15). The van der Waals surface area contributed by atoms with Gasteiger partial charge < -0.3 is 15.7 Å². The Bertz CT molecular complexity index is 359. The lowest BCUT2D eigenvalue weighted by atomic mass is 10.3. The summed E-state index contributed by atoms with van der Waals surface area (Å²) in [4.78, 5) is 3.88. The highest BCUT2D eigenvalue weighted by atomic mass is 16.3. The van der Waals surface area contributed by atoms with Crippen LogP contribution in [0.2, 0.25) is 0 Å². The molecule has 0 aromatic carbocycles. The number of pyridine rings is 1. The van der Waals surface area contributed by atoms with Gasteiger partial charge in [0, 0.05) is 31.5 Å². The van der Waals surface area contributed by atoms with Crippen molar-refractivity contribution in [3.63, 3.8) is 0 Å². The third kappa shape index (κ3) is 4.73. The summed E-state index contributed by atoms with van der Waals surface area (Å²) in [6, 6.07) is 5.50. The van der Waals surface area contributed by atoms with Gasteiger partial charge in [0.05, 0.1) is 6.10 Å². The summed E-state index contributed by atoms with van der Waals surface area (Å²) >= 11 is 0. The largest absolute Gasteiger partial charge is 0.392 e. The summed E-state index contributed by atoms with van der Waals surface area (Å²) in [6.45, 7) is 3.82. The maximum absolute atomic E-state index is 9.01. The molecular formula is C11H16N4O. The van der Waals surface area contributed by atoms with Crippen LogP contribution >= 0.6 is 0 Å². The van der Waals surface area contributed by atoms with E-state index in [1.165, 1.54) is 0 Å². The van der Waals surface area contributed by atoms with Crippen LogP contribution in [0.25, 0.3) is 0 Å². The first kappa shape index (κ1) is 12.4. The number of nitriles is 1. The van der Waals surface area contributed by atoms with Gasteiger partial charge in [0.15, 0.2) is 0 Å². The molecule has 0 radical (unpaired) electrons. The molecule has 0 aliphatic rings. The number of aliphatic hydroxyl groups is 1. The Morgan fingerprint density at radius 2 is 2.38 bits per heavy atom. The van der Waals surface area contributed by atoms with Crippen molar-refractivity contribution in [3.8, 4) is 6.07 Å². The van der Waals surface area contributed by atoms with E-state index < -0.39 is 0 Å². The average Bonchev–Trinajstić information content (AvgIpc) is 2.28. The Kier molecular flexibility index (Phi) is 5.26. The smallest absolute Gasteiger partial charge is 0.142 e. The summed E-state index contributed by atoms with van der Waals surface area (Å²) in [5, 5.41) is 23.9. The summed E-state index contributed by atoms with van der Waals surface area (Å²) in [5.41, 5.74) is 1.28. The van der Waals surface area contributed by atoms with Crippen molar-refractivity contribution in [1.29, 1.82) is 5.26 Å². The number of nitrogens with one attached hydrogen (secondary N) is 2. The summed E-state index contributed by atoms with van der Waals surface area (Å²) < 4.78 is 0. The van der Waals surface area contributed by atoms with Crippen molar-refractivity contribution < 1.29 is 5.11 Å². The third-order valence-corrected chi connectivity index (χ3v) is 1.95. The molecule has 1 unspecified atom stereocenters. The minimum absolute atomic E-state index is 0.328. The maximum Gasteiger partial charge on any atom is 0.142 e. The van der Waals surface area contributed by atoms with Crippen molar-refractivity contribution >= 4 is 5.69 Å². The van der Waals surface area contributed by atoms with E-state index in [0.29, 0.717) is 12.2 Å². The van der Waals surface area contributed by atoms with Gasteiger partial charge in [0.1, 0.15) is 11.8 Å².